The van der Waals surface area contributed by atoms with Crippen LogP contribution in [0, 0.1) is 17.0 Å². The Labute approximate surface area is 142 Å². The minimum Gasteiger partial charge on any atom is -0.400 e. The fourth-order valence-corrected chi connectivity index (χ4v) is 2.52. The highest BCUT2D eigenvalue weighted by Crippen LogP contribution is 2.18. The van der Waals surface area contributed by atoms with Crippen LogP contribution < -0.4 is 5.43 Å². The predicted octanol–water partition coefficient (Wildman–Crippen LogP) is 2.63. The molecule has 0 fully saturated rings. The average Bonchev–Trinajstić information content (AvgIpc) is 3.17. The molecule has 0 aliphatic heterocycles. The topological polar surface area (TPSA) is 116 Å². The highest BCUT2D eigenvalue weighted by molar-refractivity contribution is 5.97. The van der Waals surface area contributed by atoms with E-state index in [2.05, 4.69) is 20.1 Å². The van der Waals surface area contributed by atoms with Crippen LogP contribution in [0.4, 0.5) is 5.88 Å². The van der Waals surface area contributed by atoms with Gasteiger partial charge in [-0.25, -0.2) is 10.4 Å². The van der Waals surface area contributed by atoms with E-state index in [0.717, 1.165) is 23.4 Å². The molecule has 3 aromatic rings. The minimum absolute atomic E-state index is 0.166. The maximum atomic E-state index is 12.2. The number of nitro groups is 1. The minimum atomic E-state index is -0.650. The summed E-state index contributed by atoms with van der Waals surface area (Å²) in [7, 11) is 0. The molecule has 1 N–H and O–H groups in total. The lowest BCUT2D eigenvalue weighted by atomic mass is 10.2. The number of amides is 1. The summed E-state index contributed by atoms with van der Waals surface area (Å²) in [6, 6.07) is 7.83. The fourth-order valence-electron chi connectivity index (χ4n) is 2.52. The van der Waals surface area contributed by atoms with E-state index < -0.39 is 10.8 Å². The Hall–Kier alpha value is -3.49. The normalized spacial score (nSPS) is 11.3. The Bertz CT molecular complexity index is 986. The molecule has 0 unspecified atom stereocenters. The van der Waals surface area contributed by atoms with Crippen molar-refractivity contribution in [3.63, 3.8) is 0 Å². The Morgan fingerprint density at radius 2 is 2.24 bits per heavy atom. The van der Waals surface area contributed by atoms with Gasteiger partial charge in [0.15, 0.2) is 5.76 Å². The van der Waals surface area contributed by atoms with Crippen molar-refractivity contribution in [2.45, 2.75) is 20.4 Å². The predicted molar refractivity (Wildman–Crippen MR) is 90.6 cm³/mol. The van der Waals surface area contributed by atoms with E-state index in [9.17, 15) is 14.9 Å². The molecule has 2 aromatic heterocycles. The van der Waals surface area contributed by atoms with E-state index in [1.165, 1.54) is 18.3 Å². The van der Waals surface area contributed by atoms with Crippen molar-refractivity contribution in [1.82, 2.24) is 15.0 Å². The zero-order valence-electron chi connectivity index (χ0n) is 13.6. The van der Waals surface area contributed by atoms with E-state index in [4.69, 9.17) is 4.42 Å². The molecule has 0 aliphatic rings. The van der Waals surface area contributed by atoms with Crippen LogP contribution in [0.1, 0.15) is 28.9 Å². The molecule has 0 aliphatic carbocycles. The van der Waals surface area contributed by atoms with Gasteiger partial charge < -0.3 is 8.98 Å². The number of nitrogens with zero attached hydrogens (tertiary/aromatic N) is 4. The summed E-state index contributed by atoms with van der Waals surface area (Å²) in [5.74, 6) is 0.246. The summed E-state index contributed by atoms with van der Waals surface area (Å²) in [4.78, 5) is 26.5. The second-order valence-electron chi connectivity index (χ2n) is 5.24. The molecule has 0 atom stereocenters. The van der Waals surface area contributed by atoms with E-state index in [0.29, 0.717) is 5.56 Å². The number of aromatic nitrogens is 2. The van der Waals surface area contributed by atoms with Gasteiger partial charge in [0.1, 0.15) is 10.7 Å². The van der Waals surface area contributed by atoms with Crippen molar-refractivity contribution in [3.05, 3.63) is 57.6 Å². The molecule has 2 heterocycles. The number of nitrogens with one attached hydrogen (secondary N) is 1. The largest absolute Gasteiger partial charge is 0.433 e. The van der Waals surface area contributed by atoms with Crippen LogP contribution in [0.2, 0.25) is 0 Å². The van der Waals surface area contributed by atoms with Crippen molar-refractivity contribution in [1.29, 1.82) is 0 Å². The second-order valence-corrected chi connectivity index (χ2v) is 5.24. The molecule has 0 saturated carbocycles. The summed E-state index contributed by atoms with van der Waals surface area (Å²) in [5.41, 5.74) is 4.46. The molecule has 25 heavy (non-hydrogen) atoms. The third kappa shape index (κ3) is 3.25. The number of furan rings is 1. The number of carbonyl (C=O) groups is 1. The molecule has 0 saturated heterocycles. The number of hydrogen-bond acceptors (Lipinski definition) is 6. The monoisotopic (exact) mass is 341 g/mol. The first kappa shape index (κ1) is 16.4. The number of rotatable bonds is 5. The average molecular weight is 341 g/mol. The summed E-state index contributed by atoms with van der Waals surface area (Å²) < 4.78 is 6.96. The van der Waals surface area contributed by atoms with E-state index in [1.807, 2.05) is 19.9 Å². The Morgan fingerprint density at radius 3 is 2.92 bits per heavy atom. The van der Waals surface area contributed by atoms with Gasteiger partial charge in [-0.05, 0) is 38.1 Å². The molecule has 0 spiro atoms. The first-order chi connectivity index (χ1) is 12.0. The number of benzene rings is 1. The van der Waals surface area contributed by atoms with Crippen LogP contribution in [-0.4, -0.2) is 26.6 Å². The van der Waals surface area contributed by atoms with E-state index in [-0.39, 0.29) is 11.6 Å². The number of aryl methyl sites for hydroxylation is 2. The number of carbonyl (C=O) groups excluding carboxylic acids is 1. The van der Waals surface area contributed by atoms with Gasteiger partial charge in [-0.15, -0.1) is 0 Å². The molecular formula is C16H15N5O4. The van der Waals surface area contributed by atoms with Crippen LogP contribution in [0.25, 0.3) is 11.0 Å². The van der Waals surface area contributed by atoms with Crippen molar-refractivity contribution in [2.75, 3.05) is 0 Å². The van der Waals surface area contributed by atoms with Crippen molar-refractivity contribution in [3.8, 4) is 0 Å². The van der Waals surface area contributed by atoms with Crippen molar-refractivity contribution >= 4 is 29.0 Å². The summed E-state index contributed by atoms with van der Waals surface area (Å²) in [6.45, 7) is 4.74. The standard InChI is InChI=1S/C16H15N5O4/c1-3-20-10(2)18-13-8-11(4-6-14(13)20)16(22)19-17-9-12-5-7-15(25-12)21(23)24/h4-9H,3H2,1-2H3,(H,19,22). The number of hydrazone groups is 1. The third-order valence-electron chi connectivity index (χ3n) is 3.67. The Kier molecular flexibility index (Phi) is 4.29. The second kappa shape index (κ2) is 6.56. The van der Waals surface area contributed by atoms with E-state index >= 15 is 0 Å². The molecule has 9 nitrogen and oxygen atoms in total. The van der Waals surface area contributed by atoms with Crippen LogP contribution in [0.5, 0.6) is 0 Å². The van der Waals surface area contributed by atoms with Crippen LogP contribution >= 0.6 is 0 Å². The first-order valence-electron chi connectivity index (χ1n) is 7.54. The molecule has 3 rings (SSSR count). The molecule has 1 amide bonds. The Balaban J connectivity index is 1.73. The summed E-state index contributed by atoms with van der Waals surface area (Å²) in [5, 5.41) is 14.3. The van der Waals surface area contributed by atoms with E-state index in [1.54, 1.807) is 12.1 Å². The summed E-state index contributed by atoms with van der Waals surface area (Å²) in [6.07, 6.45) is 1.19. The van der Waals surface area contributed by atoms with Gasteiger partial charge >= 0.3 is 5.88 Å². The van der Waals surface area contributed by atoms with Crippen LogP contribution in [0.15, 0.2) is 39.9 Å². The van der Waals surface area contributed by atoms with Gasteiger partial charge in [0.2, 0.25) is 0 Å². The van der Waals surface area contributed by atoms with Gasteiger partial charge in [0, 0.05) is 12.1 Å². The quantitative estimate of drug-likeness (QED) is 0.435. The zero-order valence-corrected chi connectivity index (χ0v) is 13.6. The number of fused-ring (bicyclic) bond motifs is 1. The SMILES string of the molecule is CCn1c(C)nc2cc(C(=O)NN=Cc3ccc([N+](=O)[O-])o3)ccc21. The lowest BCUT2D eigenvalue weighted by Gasteiger charge is -2.02. The van der Waals surface area contributed by atoms with Gasteiger partial charge in [-0.1, -0.05) is 0 Å². The van der Waals surface area contributed by atoms with Gasteiger partial charge in [-0.2, -0.15) is 5.10 Å². The van der Waals surface area contributed by atoms with Gasteiger partial charge in [0.25, 0.3) is 5.91 Å². The summed E-state index contributed by atoms with van der Waals surface area (Å²) >= 11 is 0. The smallest absolute Gasteiger partial charge is 0.400 e. The molecular weight excluding hydrogens is 326 g/mol. The zero-order chi connectivity index (χ0) is 18.0. The van der Waals surface area contributed by atoms with Crippen molar-refractivity contribution < 1.29 is 14.1 Å². The number of imidazole rings is 1. The van der Waals surface area contributed by atoms with Gasteiger partial charge in [-0.3, -0.25) is 14.9 Å². The Morgan fingerprint density at radius 1 is 1.44 bits per heavy atom. The first-order valence-corrected chi connectivity index (χ1v) is 7.54. The molecule has 1 aromatic carbocycles. The lowest BCUT2D eigenvalue weighted by molar-refractivity contribution is -0.402. The third-order valence-corrected chi connectivity index (χ3v) is 3.67. The maximum absolute atomic E-state index is 12.2. The molecule has 0 radical (unpaired) electrons. The molecule has 128 valence electrons. The highest BCUT2D eigenvalue weighted by atomic mass is 16.6. The van der Waals surface area contributed by atoms with Crippen molar-refractivity contribution in [2.24, 2.45) is 5.10 Å². The maximum Gasteiger partial charge on any atom is 0.433 e. The highest BCUT2D eigenvalue weighted by Gasteiger charge is 2.12. The van der Waals surface area contributed by atoms with Crippen LogP contribution in [0.3, 0.4) is 0 Å². The molecule has 9 heteroatoms. The molecule has 0 bridgehead atoms. The fraction of sp³-hybridized carbons (Fsp3) is 0.188. The number of hydrogen-bond donors (Lipinski definition) is 1. The van der Waals surface area contributed by atoms with Gasteiger partial charge in [0.05, 0.1) is 23.3 Å². The van der Waals surface area contributed by atoms with Crippen LogP contribution in [-0.2, 0) is 6.54 Å². The lowest BCUT2D eigenvalue weighted by Crippen LogP contribution is -2.17.